The van der Waals surface area contributed by atoms with Crippen molar-refractivity contribution in [3.8, 4) is 0 Å². The summed E-state index contributed by atoms with van der Waals surface area (Å²) in [6.45, 7) is 4.21. The highest BCUT2D eigenvalue weighted by Gasteiger charge is 2.43. The number of hydrogen-bond acceptors (Lipinski definition) is 2. The second kappa shape index (κ2) is 5.74. The molecule has 0 radical (unpaired) electrons. The van der Waals surface area contributed by atoms with Crippen LogP contribution >= 0.6 is 0 Å². The number of nitrogens with zero attached hydrogens (tertiary/aromatic N) is 1. The van der Waals surface area contributed by atoms with E-state index in [-0.39, 0.29) is 11.8 Å². The second-order valence-electron chi connectivity index (χ2n) is 5.70. The third kappa shape index (κ3) is 3.16. The highest BCUT2D eigenvalue weighted by molar-refractivity contribution is 5.82. The molecule has 102 valence electrons. The van der Waals surface area contributed by atoms with E-state index in [1.54, 1.807) is 0 Å². The van der Waals surface area contributed by atoms with E-state index in [1.165, 1.54) is 31.5 Å². The van der Waals surface area contributed by atoms with Crippen molar-refractivity contribution >= 4 is 5.91 Å². The molecule has 1 amide bonds. The van der Waals surface area contributed by atoms with Gasteiger partial charge >= 0.3 is 0 Å². The molecule has 1 aromatic rings. The van der Waals surface area contributed by atoms with Crippen LogP contribution in [0.25, 0.3) is 0 Å². The Morgan fingerprint density at radius 3 is 2.68 bits per heavy atom. The van der Waals surface area contributed by atoms with Crippen molar-refractivity contribution in [2.24, 2.45) is 5.92 Å². The average molecular weight is 258 g/mol. The maximum absolute atomic E-state index is 12.0. The van der Waals surface area contributed by atoms with Gasteiger partial charge in [-0.2, -0.15) is 0 Å². The highest BCUT2D eigenvalue weighted by Crippen LogP contribution is 2.47. The molecular weight excluding hydrogens is 236 g/mol. The number of likely N-dealkylation sites (tertiary alicyclic amines) is 1. The van der Waals surface area contributed by atoms with Gasteiger partial charge in [0.2, 0.25) is 5.91 Å². The molecule has 2 atom stereocenters. The Balaban J connectivity index is 1.40. The van der Waals surface area contributed by atoms with E-state index in [4.69, 9.17) is 0 Å². The number of hydrogen-bond donors (Lipinski definition) is 1. The van der Waals surface area contributed by atoms with Crippen molar-refractivity contribution in [1.82, 2.24) is 10.2 Å². The molecule has 2 unspecified atom stereocenters. The van der Waals surface area contributed by atoms with Crippen molar-refractivity contribution in [2.45, 2.75) is 25.2 Å². The number of carbonyl (C=O) groups excluding carboxylic acids is 1. The summed E-state index contributed by atoms with van der Waals surface area (Å²) in [4.78, 5) is 14.5. The minimum absolute atomic E-state index is 0.209. The standard InChI is InChI=1S/C16H22N2O/c19-16(17-8-11-18-9-4-5-10-18)15-12-14(15)13-6-2-1-3-7-13/h1-3,6-7,14-15H,4-5,8-12H2,(H,17,19). The molecule has 1 saturated carbocycles. The summed E-state index contributed by atoms with van der Waals surface area (Å²) in [5, 5.41) is 3.09. The van der Waals surface area contributed by atoms with Crippen LogP contribution in [0.15, 0.2) is 30.3 Å². The zero-order valence-electron chi connectivity index (χ0n) is 11.3. The Bertz CT molecular complexity index is 426. The summed E-state index contributed by atoms with van der Waals surface area (Å²) in [5.74, 6) is 0.905. The molecular formula is C16H22N2O. The minimum Gasteiger partial charge on any atom is -0.355 e. The largest absolute Gasteiger partial charge is 0.355 e. The molecule has 3 rings (SSSR count). The van der Waals surface area contributed by atoms with Gasteiger partial charge in [-0.3, -0.25) is 4.79 Å². The monoisotopic (exact) mass is 258 g/mol. The lowest BCUT2D eigenvalue weighted by molar-refractivity contribution is -0.122. The van der Waals surface area contributed by atoms with Crippen LogP contribution in [0, 0.1) is 5.92 Å². The first-order valence-corrected chi connectivity index (χ1v) is 7.39. The Kier molecular flexibility index (Phi) is 3.83. The summed E-state index contributed by atoms with van der Waals surface area (Å²) in [5.41, 5.74) is 1.31. The average Bonchev–Trinajstić information content (AvgIpc) is 3.09. The van der Waals surface area contributed by atoms with Crippen molar-refractivity contribution in [3.05, 3.63) is 35.9 Å². The predicted octanol–water partition coefficient (Wildman–Crippen LogP) is 2.00. The van der Waals surface area contributed by atoms with E-state index < -0.39 is 0 Å². The fraction of sp³-hybridized carbons (Fsp3) is 0.562. The molecule has 1 aromatic carbocycles. The van der Waals surface area contributed by atoms with Crippen LogP contribution in [0.5, 0.6) is 0 Å². The first-order valence-electron chi connectivity index (χ1n) is 7.39. The summed E-state index contributed by atoms with van der Waals surface area (Å²) < 4.78 is 0. The van der Waals surface area contributed by atoms with Gasteiger partial charge in [0.25, 0.3) is 0 Å². The fourth-order valence-electron chi connectivity index (χ4n) is 3.03. The van der Waals surface area contributed by atoms with Crippen LogP contribution < -0.4 is 5.32 Å². The molecule has 2 aliphatic rings. The fourth-order valence-corrected chi connectivity index (χ4v) is 3.03. The molecule has 0 bridgehead atoms. The molecule has 19 heavy (non-hydrogen) atoms. The van der Waals surface area contributed by atoms with Crippen molar-refractivity contribution in [1.29, 1.82) is 0 Å². The minimum atomic E-state index is 0.209. The van der Waals surface area contributed by atoms with Gasteiger partial charge in [-0.1, -0.05) is 30.3 Å². The van der Waals surface area contributed by atoms with Crippen LogP contribution in [0.3, 0.4) is 0 Å². The molecule has 1 heterocycles. The molecule has 0 aromatic heterocycles. The van der Waals surface area contributed by atoms with Crippen LogP contribution in [0.2, 0.25) is 0 Å². The maximum atomic E-state index is 12.0. The van der Waals surface area contributed by atoms with Gasteiger partial charge in [-0.05, 0) is 43.8 Å². The first-order chi connectivity index (χ1) is 9.34. The molecule has 1 saturated heterocycles. The van der Waals surface area contributed by atoms with Gasteiger partial charge in [-0.15, -0.1) is 0 Å². The Morgan fingerprint density at radius 2 is 1.95 bits per heavy atom. The summed E-state index contributed by atoms with van der Waals surface area (Å²) in [6, 6.07) is 10.4. The topological polar surface area (TPSA) is 32.3 Å². The third-order valence-corrected chi connectivity index (χ3v) is 4.28. The number of rotatable bonds is 5. The van der Waals surface area contributed by atoms with Gasteiger partial charge in [-0.25, -0.2) is 0 Å². The van der Waals surface area contributed by atoms with Crippen molar-refractivity contribution in [2.75, 3.05) is 26.2 Å². The van der Waals surface area contributed by atoms with Crippen LogP contribution in [-0.4, -0.2) is 37.0 Å². The highest BCUT2D eigenvalue weighted by atomic mass is 16.2. The normalized spacial score (nSPS) is 26.3. The van der Waals surface area contributed by atoms with E-state index in [0.29, 0.717) is 5.92 Å². The number of nitrogens with one attached hydrogen (secondary N) is 1. The molecule has 0 spiro atoms. The number of amides is 1. The van der Waals surface area contributed by atoms with Crippen molar-refractivity contribution < 1.29 is 4.79 Å². The van der Waals surface area contributed by atoms with E-state index in [9.17, 15) is 4.79 Å². The predicted molar refractivity (Wildman–Crippen MR) is 76.0 cm³/mol. The van der Waals surface area contributed by atoms with Gasteiger partial charge < -0.3 is 10.2 Å². The molecule has 1 aliphatic heterocycles. The number of carbonyl (C=O) groups is 1. The quantitative estimate of drug-likeness (QED) is 0.876. The zero-order valence-corrected chi connectivity index (χ0v) is 11.3. The Morgan fingerprint density at radius 1 is 1.21 bits per heavy atom. The molecule has 3 heteroatoms. The Hall–Kier alpha value is -1.35. The van der Waals surface area contributed by atoms with E-state index in [2.05, 4.69) is 34.5 Å². The molecule has 1 aliphatic carbocycles. The molecule has 3 nitrogen and oxygen atoms in total. The van der Waals surface area contributed by atoms with Gasteiger partial charge in [0.05, 0.1) is 0 Å². The van der Waals surface area contributed by atoms with Crippen molar-refractivity contribution in [3.63, 3.8) is 0 Å². The van der Waals surface area contributed by atoms with Crippen LogP contribution in [0.1, 0.15) is 30.7 Å². The van der Waals surface area contributed by atoms with Gasteiger partial charge in [0.15, 0.2) is 0 Å². The lowest BCUT2D eigenvalue weighted by Crippen LogP contribution is -2.34. The third-order valence-electron chi connectivity index (χ3n) is 4.28. The van der Waals surface area contributed by atoms with Gasteiger partial charge in [0, 0.05) is 19.0 Å². The lowest BCUT2D eigenvalue weighted by atomic mass is 10.1. The van der Waals surface area contributed by atoms with Gasteiger partial charge in [0.1, 0.15) is 0 Å². The second-order valence-corrected chi connectivity index (χ2v) is 5.70. The summed E-state index contributed by atoms with van der Waals surface area (Å²) in [6.07, 6.45) is 3.64. The lowest BCUT2D eigenvalue weighted by Gasteiger charge is -2.14. The zero-order chi connectivity index (χ0) is 13.1. The molecule has 2 fully saturated rings. The van der Waals surface area contributed by atoms with E-state index in [1.807, 2.05) is 6.07 Å². The SMILES string of the molecule is O=C(NCCN1CCCC1)C1CC1c1ccccc1. The van der Waals surface area contributed by atoms with Crippen LogP contribution in [0.4, 0.5) is 0 Å². The van der Waals surface area contributed by atoms with Crippen LogP contribution in [-0.2, 0) is 4.79 Å². The first kappa shape index (κ1) is 12.7. The Labute approximate surface area is 115 Å². The summed E-state index contributed by atoms with van der Waals surface area (Å²) >= 11 is 0. The maximum Gasteiger partial charge on any atom is 0.223 e. The van der Waals surface area contributed by atoms with E-state index >= 15 is 0 Å². The number of benzene rings is 1. The smallest absolute Gasteiger partial charge is 0.223 e. The molecule has 1 N–H and O–H groups in total. The summed E-state index contributed by atoms with van der Waals surface area (Å²) in [7, 11) is 0. The van der Waals surface area contributed by atoms with E-state index in [0.717, 1.165) is 19.5 Å².